The lowest BCUT2D eigenvalue weighted by Gasteiger charge is -2.33. The molecule has 0 bridgehead atoms. The predicted molar refractivity (Wildman–Crippen MR) is 191 cm³/mol. The molecule has 4 aliphatic heterocycles. The number of allylic oxidation sites excluding steroid dienone is 1. The molecule has 0 spiro atoms. The van der Waals surface area contributed by atoms with E-state index in [0.29, 0.717) is 48.1 Å². The maximum absolute atomic E-state index is 15.2. The van der Waals surface area contributed by atoms with Gasteiger partial charge in [-0.25, -0.2) is 9.38 Å². The van der Waals surface area contributed by atoms with Crippen molar-refractivity contribution in [2.75, 3.05) is 13.2 Å². The number of fused-ring (bicyclic) bond motifs is 5. The molecule has 7 rings (SSSR count). The molecule has 1 saturated carbocycles. The summed E-state index contributed by atoms with van der Waals surface area (Å²) < 4.78 is 26.8. The maximum atomic E-state index is 15.2. The zero-order chi connectivity index (χ0) is 29.8. The van der Waals surface area contributed by atoms with Crippen molar-refractivity contribution in [3.05, 3.63) is 62.2 Å². The molecule has 43 heavy (non-hydrogen) atoms. The maximum Gasteiger partial charge on any atom is 0.162 e. The summed E-state index contributed by atoms with van der Waals surface area (Å²) in [7, 11) is 0. The summed E-state index contributed by atoms with van der Waals surface area (Å²) in [5.74, 6) is 1.19. The molecule has 3 unspecified atom stereocenters. The molecule has 0 radical (unpaired) electrons. The minimum Gasteiger partial charge on any atom is -0.396 e. The molecule has 5 heterocycles. The zero-order valence-electron chi connectivity index (χ0n) is 24.6. The molecule has 2 aromatic rings. The standard InChI is InChI=1S/C34H36FI2N3O2S/c1-18(2)28-29(32-30-22(14-38)19(3)43-33(30)26(35)13-36-32)25-17-42-16-24(25)23-15-39-34(37-31(23)28)40-11-9-21-8-7-20(10-12-41)5-4-6-27(21)40/h13,15,20-21,27,41H,1,4-12,16-17H2,2-3H3. The fourth-order valence-electron chi connectivity index (χ4n) is 7.65. The highest BCUT2D eigenvalue weighted by molar-refractivity contribution is 14.2. The summed E-state index contributed by atoms with van der Waals surface area (Å²) in [6.07, 6.45) is 10.4. The first-order valence-electron chi connectivity index (χ1n) is 15.2. The number of hydrogen-bond donors (Lipinski definition) is 1. The van der Waals surface area contributed by atoms with Crippen molar-refractivity contribution < 1.29 is 14.2 Å². The van der Waals surface area contributed by atoms with Crippen molar-refractivity contribution in [2.45, 2.75) is 78.0 Å². The molecule has 2 fully saturated rings. The second-order valence-electron chi connectivity index (χ2n) is 12.3. The van der Waals surface area contributed by atoms with Crippen LogP contribution in [0.25, 0.3) is 17.6 Å². The van der Waals surface area contributed by atoms with Crippen LogP contribution in [-0.4, -0.2) is 36.6 Å². The van der Waals surface area contributed by atoms with Crippen LogP contribution in [-0.2, 0) is 18.0 Å². The molecule has 1 aliphatic carbocycles. The Bertz CT molecular complexity index is 1800. The van der Waals surface area contributed by atoms with Crippen LogP contribution in [0.4, 0.5) is 4.39 Å². The van der Waals surface area contributed by atoms with E-state index in [4.69, 9.17) is 9.73 Å². The Balaban J connectivity index is 1.36. The van der Waals surface area contributed by atoms with Crippen molar-refractivity contribution in [1.29, 1.82) is 5.26 Å². The summed E-state index contributed by atoms with van der Waals surface area (Å²) >= 11 is 0.0119. The largest absolute Gasteiger partial charge is 0.396 e. The van der Waals surface area contributed by atoms with Crippen LogP contribution in [0.1, 0.15) is 95.0 Å². The third-order valence-corrected chi connectivity index (χ3v) is 16.4. The monoisotopic (exact) mass is 823 g/mol. The van der Waals surface area contributed by atoms with Gasteiger partial charge < -0.3 is 14.7 Å². The predicted octanol–water partition coefficient (Wildman–Crippen LogP) is 7.79. The quantitative estimate of drug-likeness (QED) is 0.253. The van der Waals surface area contributed by atoms with Gasteiger partial charge in [0.2, 0.25) is 0 Å². The van der Waals surface area contributed by atoms with Gasteiger partial charge in [0, 0.05) is 57.4 Å². The molecule has 0 amide bonds. The normalized spacial score (nSPS) is 24.5. The first kappa shape index (κ1) is 30.1. The van der Waals surface area contributed by atoms with E-state index in [-0.39, 0.29) is 5.83 Å². The molecule has 1 aromatic heterocycles. The zero-order valence-corrected chi connectivity index (χ0v) is 29.7. The van der Waals surface area contributed by atoms with Gasteiger partial charge >= 0.3 is 0 Å². The van der Waals surface area contributed by atoms with Crippen molar-refractivity contribution in [2.24, 2.45) is 16.8 Å². The molecular formula is C34H36FI2N3O2S. The molecule has 1 aromatic carbocycles. The number of nitriles is 1. The number of rotatable bonds is 4. The molecule has 5 aliphatic rings. The van der Waals surface area contributed by atoms with E-state index in [9.17, 15) is 10.4 Å². The van der Waals surface area contributed by atoms with Gasteiger partial charge in [0.25, 0.3) is 0 Å². The number of aliphatic hydroxyl groups excluding tert-OH is 1. The first-order valence-corrected chi connectivity index (χ1v) is 20.5. The summed E-state index contributed by atoms with van der Waals surface area (Å²) in [5.41, 5.74) is 7.22. The van der Waals surface area contributed by atoms with E-state index in [0.717, 1.165) is 32.5 Å². The number of amidine groups is 1. The number of nitrogens with zero attached hydrogens (tertiary/aromatic N) is 3. The Labute approximate surface area is 276 Å². The van der Waals surface area contributed by atoms with E-state index in [1.165, 1.54) is 84.3 Å². The van der Waals surface area contributed by atoms with Crippen LogP contribution in [0.2, 0.25) is 0 Å². The second kappa shape index (κ2) is 12.3. The number of hydrogen-bond acceptors (Lipinski definition) is 6. The second-order valence-corrected chi connectivity index (χ2v) is 18.4. The number of aryl methyl sites for hydroxylation is 1. The number of aliphatic hydroxyl groups is 1. The molecule has 3 atom stereocenters. The lowest BCUT2D eigenvalue weighted by atomic mass is 9.82. The SMILES string of the molecule is C=C(C)c1c(C2=IC=C(F)c3sc(C)c(C#N)c32)c2c(c3c1=IC(N1CCC4CCC(CCO)CCCC41)=NC=3)COC2. The molecule has 226 valence electrons. The van der Waals surface area contributed by atoms with E-state index in [2.05, 4.69) is 30.7 Å². The van der Waals surface area contributed by atoms with Crippen LogP contribution in [0, 0.1) is 33.2 Å². The van der Waals surface area contributed by atoms with Gasteiger partial charge in [0.15, 0.2) is 3.84 Å². The van der Waals surface area contributed by atoms with Gasteiger partial charge in [-0.2, -0.15) is 5.26 Å². The topological polar surface area (TPSA) is 68.9 Å². The number of halogens is 3. The van der Waals surface area contributed by atoms with E-state index in [1.807, 2.05) is 6.92 Å². The Morgan fingerprint density at radius 3 is 2.86 bits per heavy atom. The first-order chi connectivity index (χ1) is 20.9. The number of ether oxygens (including phenoxy) is 1. The fourth-order valence-corrected chi connectivity index (χ4v) is 15.1. The van der Waals surface area contributed by atoms with Gasteiger partial charge in [-0.1, -0.05) is 46.6 Å². The van der Waals surface area contributed by atoms with E-state index < -0.39 is 41.5 Å². The molecule has 9 heteroatoms. The highest BCUT2D eigenvalue weighted by Crippen LogP contribution is 2.45. The molecule has 1 saturated heterocycles. The smallest absolute Gasteiger partial charge is 0.162 e. The Kier molecular flexibility index (Phi) is 8.61. The molecular weight excluding hydrogens is 787 g/mol. The Morgan fingerprint density at radius 2 is 2.07 bits per heavy atom. The highest BCUT2D eigenvalue weighted by Gasteiger charge is 2.38. The highest BCUT2D eigenvalue weighted by atomic mass is 127. The van der Waals surface area contributed by atoms with Crippen LogP contribution < -0.4 is 5.22 Å². The van der Waals surface area contributed by atoms with Crippen LogP contribution in [0.5, 0.6) is 0 Å². The van der Waals surface area contributed by atoms with Crippen molar-refractivity contribution in [3.63, 3.8) is 0 Å². The van der Waals surface area contributed by atoms with Crippen molar-refractivity contribution in [3.8, 4) is 6.07 Å². The minimum absolute atomic E-state index is 0.176. The van der Waals surface area contributed by atoms with Gasteiger partial charge in [-0.15, -0.1) is 11.3 Å². The van der Waals surface area contributed by atoms with Gasteiger partial charge in [0.1, 0.15) is 11.9 Å². The van der Waals surface area contributed by atoms with Crippen LogP contribution >= 0.6 is 52.8 Å². The van der Waals surface area contributed by atoms with Crippen molar-refractivity contribution in [1.82, 2.24) is 4.90 Å². The van der Waals surface area contributed by atoms with Crippen molar-refractivity contribution >= 4 is 77.7 Å². The van der Waals surface area contributed by atoms with E-state index in [1.54, 1.807) is 4.08 Å². The summed E-state index contributed by atoms with van der Waals surface area (Å²) in [5, 5.41) is 20.9. The lowest BCUT2D eigenvalue weighted by molar-refractivity contribution is 0.134. The minimum atomic E-state index is -0.793. The summed E-state index contributed by atoms with van der Waals surface area (Å²) in [6, 6.07) is 2.97. The Morgan fingerprint density at radius 1 is 1.23 bits per heavy atom. The number of aliphatic imine (C=N–C) groups is 1. The summed E-state index contributed by atoms with van der Waals surface area (Å²) in [4.78, 5) is 9.32. The fraction of sp³-hybridized carbons (Fsp3) is 0.471. The average molecular weight is 824 g/mol. The van der Waals surface area contributed by atoms with Gasteiger partial charge in [-0.05, 0) is 94.4 Å². The van der Waals surface area contributed by atoms with Crippen LogP contribution in [0.15, 0.2) is 15.7 Å². The van der Waals surface area contributed by atoms with Gasteiger partial charge in [-0.3, -0.25) is 0 Å². The lowest BCUT2D eigenvalue weighted by Crippen LogP contribution is -2.37. The molecule has 5 nitrogen and oxygen atoms in total. The Hall–Kier alpha value is -1.59. The number of thiophene rings is 1. The third kappa shape index (κ3) is 5.17. The average Bonchev–Trinajstić information content (AvgIpc) is 3.71. The summed E-state index contributed by atoms with van der Waals surface area (Å²) in [6.45, 7) is 11.0. The van der Waals surface area contributed by atoms with Gasteiger partial charge in [0.05, 0.1) is 23.7 Å². The molecule has 1 N–H and O–H groups in total. The third-order valence-electron chi connectivity index (χ3n) is 9.72. The number of likely N-dealkylation sites (tertiary alicyclic amines) is 1. The van der Waals surface area contributed by atoms with E-state index >= 15 is 4.39 Å². The van der Waals surface area contributed by atoms with Crippen LogP contribution in [0.3, 0.4) is 0 Å². The number of benzene rings is 1.